The third kappa shape index (κ3) is 4.42. The number of carboxylic acids is 1. The van der Waals surface area contributed by atoms with Gasteiger partial charge in [0.25, 0.3) is 0 Å². The van der Waals surface area contributed by atoms with Gasteiger partial charge in [0.15, 0.2) is 5.92 Å². The first-order valence-electron chi connectivity index (χ1n) is 10.0. The van der Waals surface area contributed by atoms with Crippen LogP contribution in [0.4, 0.5) is 20.6 Å². The molecule has 10 nitrogen and oxygen atoms in total. The van der Waals surface area contributed by atoms with Gasteiger partial charge in [-0.15, -0.1) is 0 Å². The molecule has 2 amide bonds. The van der Waals surface area contributed by atoms with E-state index in [-0.39, 0.29) is 50.6 Å². The second-order valence-electron chi connectivity index (χ2n) is 7.84. The molecule has 11 heteroatoms. The molecule has 2 aliphatic heterocycles. The van der Waals surface area contributed by atoms with Gasteiger partial charge in [0.1, 0.15) is 11.9 Å². The summed E-state index contributed by atoms with van der Waals surface area (Å²) in [5.74, 6) is -3.62. The number of hydrogen-bond acceptors (Lipinski definition) is 7. The number of amides is 2. The van der Waals surface area contributed by atoms with Crippen molar-refractivity contribution in [1.29, 1.82) is 10.5 Å². The van der Waals surface area contributed by atoms with Crippen LogP contribution in [-0.4, -0.2) is 55.4 Å². The predicted molar refractivity (Wildman–Crippen MR) is 109 cm³/mol. The molecule has 2 N–H and O–H groups in total. The summed E-state index contributed by atoms with van der Waals surface area (Å²) in [4.78, 5) is 37.5. The number of carboxylic acid groups (broad SMARTS) is 1. The molecular weight excluding hydrogens is 421 g/mol. The highest BCUT2D eigenvalue weighted by atomic mass is 19.1. The lowest BCUT2D eigenvalue weighted by Gasteiger charge is -2.39. The standard InChI is InChI=1S/C21H22FN5O5/c1-13(28)25-10-15-11-27(20(31)32-15)14-2-3-18(17(22)8-14)26-6-4-21(12-24,5-7-26)16(9-23)19(29)30/h2-3,8,15-16H,4-7,10-11H2,1H3,(H,25,28)(H,29,30)/t15-,16?/m0/s1. The molecule has 0 bridgehead atoms. The fraction of sp³-hybridized carbons (Fsp3) is 0.476. The number of nitrogens with zero attached hydrogens (tertiary/aromatic N) is 4. The van der Waals surface area contributed by atoms with Crippen molar-refractivity contribution in [2.45, 2.75) is 25.9 Å². The Morgan fingerprint density at radius 1 is 1.38 bits per heavy atom. The monoisotopic (exact) mass is 443 g/mol. The largest absolute Gasteiger partial charge is 0.480 e. The van der Waals surface area contributed by atoms with Gasteiger partial charge in [-0.1, -0.05) is 0 Å². The van der Waals surface area contributed by atoms with E-state index in [4.69, 9.17) is 4.74 Å². The lowest BCUT2D eigenvalue weighted by atomic mass is 9.70. The zero-order chi connectivity index (χ0) is 23.5. The van der Waals surface area contributed by atoms with Crippen molar-refractivity contribution in [2.24, 2.45) is 11.3 Å². The Balaban J connectivity index is 1.70. The number of halogens is 1. The van der Waals surface area contributed by atoms with Crippen LogP contribution in [0, 0.1) is 39.8 Å². The molecule has 2 atom stereocenters. The Kier molecular flexibility index (Phi) is 6.49. The van der Waals surface area contributed by atoms with Crippen LogP contribution in [-0.2, 0) is 14.3 Å². The van der Waals surface area contributed by atoms with Gasteiger partial charge in [0, 0.05) is 20.0 Å². The maximum Gasteiger partial charge on any atom is 0.414 e. The number of anilines is 2. The van der Waals surface area contributed by atoms with Crippen molar-refractivity contribution in [1.82, 2.24) is 5.32 Å². The summed E-state index contributed by atoms with van der Waals surface area (Å²) in [6.45, 7) is 2.09. The Hall–Kier alpha value is -3.86. The van der Waals surface area contributed by atoms with E-state index in [0.29, 0.717) is 5.69 Å². The molecule has 1 aromatic carbocycles. The number of hydrogen-bond donors (Lipinski definition) is 2. The number of ether oxygens (including phenoxy) is 1. The molecule has 3 rings (SSSR count). The van der Waals surface area contributed by atoms with Gasteiger partial charge in [-0.25, -0.2) is 9.18 Å². The molecule has 1 aromatic rings. The van der Waals surface area contributed by atoms with Crippen LogP contribution < -0.4 is 15.1 Å². The van der Waals surface area contributed by atoms with Crippen molar-refractivity contribution < 1.29 is 28.6 Å². The van der Waals surface area contributed by atoms with Crippen LogP contribution in [0.1, 0.15) is 19.8 Å². The Morgan fingerprint density at radius 2 is 2.06 bits per heavy atom. The predicted octanol–water partition coefficient (Wildman–Crippen LogP) is 1.62. The average molecular weight is 443 g/mol. The number of piperidine rings is 1. The number of cyclic esters (lactones) is 1. The molecule has 0 aliphatic carbocycles. The van der Waals surface area contributed by atoms with Crippen molar-refractivity contribution in [2.75, 3.05) is 36.0 Å². The molecule has 2 saturated heterocycles. The van der Waals surface area contributed by atoms with Crippen LogP contribution in [0.5, 0.6) is 0 Å². The van der Waals surface area contributed by atoms with E-state index in [2.05, 4.69) is 5.32 Å². The second-order valence-corrected chi connectivity index (χ2v) is 7.84. The van der Waals surface area contributed by atoms with Crippen LogP contribution in [0.15, 0.2) is 18.2 Å². The lowest BCUT2D eigenvalue weighted by molar-refractivity contribution is -0.143. The minimum absolute atomic E-state index is 0.110. The maximum atomic E-state index is 14.9. The minimum Gasteiger partial charge on any atom is -0.480 e. The van der Waals surface area contributed by atoms with E-state index in [1.807, 2.05) is 6.07 Å². The smallest absolute Gasteiger partial charge is 0.414 e. The summed E-state index contributed by atoms with van der Waals surface area (Å²) in [6, 6.07) is 7.99. The summed E-state index contributed by atoms with van der Waals surface area (Å²) >= 11 is 0. The van der Waals surface area contributed by atoms with E-state index in [1.165, 1.54) is 24.0 Å². The Bertz CT molecular complexity index is 1010. The molecule has 0 aromatic heterocycles. The van der Waals surface area contributed by atoms with E-state index in [9.17, 15) is 34.4 Å². The first kappa shape index (κ1) is 22.8. The normalized spacial score (nSPS) is 20.6. The van der Waals surface area contributed by atoms with E-state index >= 15 is 0 Å². The Morgan fingerprint density at radius 3 is 2.59 bits per heavy atom. The summed E-state index contributed by atoms with van der Waals surface area (Å²) < 4.78 is 20.1. The van der Waals surface area contributed by atoms with Crippen molar-refractivity contribution in [3.8, 4) is 12.1 Å². The van der Waals surface area contributed by atoms with Gasteiger partial charge < -0.3 is 20.1 Å². The quantitative estimate of drug-likeness (QED) is 0.674. The van der Waals surface area contributed by atoms with Gasteiger partial charge in [-0.05, 0) is 31.0 Å². The van der Waals surface area contributed by atoms with Gasteiger partial charge >= 0.3 is 12.1 Å². The average Bonchev–Trinajstić information content (AvgIpc) is 3.13. The summed E-state index contributed by atoms with van der Waals surface area (Å²) in [6.07, 6.45) is -0.963. The number of nitriles is 2. The van der Waals surface area contributed by atoms with Gasteiger partial charge in [-0.2, -0.15) is 10.5 Å². The van der Waals surface area contributed by atoms with Crippen LogP contribution >= 0.6 is 0 Å². The number of rotatable bonds is 6. The summed E-state index contributed by atoms with van der Waals surface area (Å²) in [5, 5.41) is 30.6. The molecule has 168 valence electrons. The van der Waals surface area contributed by atoms with E-state index in [1.54, 1.807) is 17.0 Å². The Labute approximate surface area is 183 Å². The molecular formula is C21H22FN5O5. The number of carbonyl (C=O) groups excluding carboxylic acids is 2. The van der Waals surface area contributed by atoms with Crippen molar-refractivity contribution in [3.05, 3.63) is 24.0 Å². The molecule has 0 saturated carbocycles. The van der Waals surface area contributed by atoms with E-state index in [0.717, 1.165) is 0 Å². The van der Waals surface area contributed by atoms with Crippen LogP contribution in [0.25, 0.3) is 0 Å². The van der Waals surface area contributed by atoms with Crippen LogP contribution in [0.3, 0.4) is 0 Å². The zero-order valence-corrected chi connectivity index (χ0v) is 17.4. The summed E-state index contributed by atoms with van der Waals surface area (Å²) in [7, 11) is 0. The van der Waals surface area contributed by atoms with Crippen LogP contribution in [0.2, 0.25) is 0 Å². The van der Waals surface area contributed by atoms with E-state index < -0.39 is 35.3 Å². The minimum atomic E-state index is -1.45. The number of aliphatic carboxylic acids is 1. The first-order valence-corrected chi connectivity index (χ1v) is 10.0. The summed E-state index contributed by atoms with van der Waals surface area (Å²) in [5.41, 5.74) is -0.762. The number of nitrogens with one attached hydrogen (secondary N) is 1. The highest BCUT2D eigenvalue weighted by Gasteiger charge is 2.46. The number of benzene rings is 1. The lowest BCUT2D eigenvalue weighted by Crippen LogP contribution is -2.45. The topological polar surface area (TPSA) is 147 Å². The zero-order valence-electron chi connectivity index (χ0n) is 17.4. The second kappa shape index (κ2) is 9.10. The first-order chi connectivity index (χ1) is 15.2. The molecule has 2 heterocycles. The van der Waals surface area contributed by atoms with Gasteiger partial charge in [-0.3, -0.25) is 14.5 Å². The molecule has 1 unspecified atom stereocenters. The molecule has 2 fully saturated rings. The third-order valence-electron chi connectivity index (χ3n) is 5.84. The molecule has 0 spiro atoms. The number of carbonyl (C=O) groups is 3. The highest BCUT2D eigenvalue weighted by molar-refractivity contribution is 5.90. The molecule has 2 aliphatic rings. The van der Waals surface area contributed by atoms with Gasteiger partial charge in [0.05, 0.1) is 42.0 Å². The molecule has 32 heavy (non-hydrogen) atoms. The van der Waals surface area contributed by atoms with Crippen molar-refractivity contribution >= 4 is 29.3 Å². The highest BCUT2D eigenvalue weighted by Crippen LogP contribution is 2.40. The third-order valence-corrected chi connectivity index (χ3v) is 5.84. The van der Waals surface area contributed by atoms with Crippen molar-refractivity contribution in [3.63, 3.8) is 0 Å². The SMILES string of the molecule is CC(=O)NC[C@H]1CN(c2ccc(N3CCC(C#N)(C(C#N)C(=O)O)CC3)c(F)c2)C(=O)O1. The fourth-order valence-electron chi connectivity index (χ4n) is 4.04. The van der Waals surface area contributed by atoms with Gasteiger partial charge in [0.2, 0.25) is 5.91 Å². The molecule has 0 radical (unpaired) electrons. The maximum absolute atomic E-state index is 14.9. The fourth-order valence-corrected chi connectivity index (χ4v) is 4.04.